The molecule has 1 aromatic heterocycles. The van der Waals surface area contributed by atoms with Gasteiger partial charge in [-0.2, -0.15) is 0 Å². The average Bonchev–Trinajstić information content (AvgIpc) is 2.89. The maximum atomic E-state index is 6.29. The quantitative estimate of drug-likeness (QED) is 0.628. The van der Waals surface area contributed by atoms with Gasteiger partial charge in [0.25, 0.3) is 0 Å². The molecule has 0 radical (unpaired) electrons. The Morgan fingerprint density at radius 1 is 1.04 bits per heavy atom. The summed E-state index contributed by atoms with van der Waals surface area (Å²) in [4.78, 5) is 4.52. The Morgan fingerprint density at radius 2 is 1.75 bits per heavy atom. The van der Waals surface area contributed by atoms with Gasteiger partial charge >= 0.3 is 7.12 Å². The van der Waals surface area contributed by atoms with Crippen LogP contribution >= 0.6 is 0 Å². The van der Waals surface area contributed by atoms with Crippen molar-refractivity contribution in [3.05, 3.63) is 72.6 Å². The lowest BCUT2D eigenvalue weighted by molar-refractivity contribution is 0.00578. The van der Waals surface area contributed by atoms with Crippen molar-refractivity contribution >= 4 is 12.6 Å². The number of nitrogens with two attached hydrogens (primary N) is 1. The van der Waals surface area contributed by atoms with Gasteiger partial charge in [-0.15, -0.1) is 0 Å². The molecule has 2 aromatic rings. The lowest BCUT2D eigenvalue weighted by Gasteiger charge is -2.32. The molecular weight excluding hydrogens is 347 g/mol. The van der Waals surface area contributed by atoms with Gasteiger partial charge in [0, 0.05) is 11.8 Å². The van der Waals surface area contributed by atoms with Crippen LogP contribution in [0, 0.1) is 0 Å². The molecule has 3 rings (SSSR count). The molecule has 1 aliphatic heterocycles. The Kier molecular flexibility index (Phi) is 5.78. The first-order valence-electron chi connectivity index (χ1n) is 9.70. The average molecular weight is 376 g/mol. The van der Waals surface area contributed by atoms with Gasteiger partial charge in [0.2, 0.25) is 0 Å². The molecule has 2 N–H and O–H groups in total. The zero-order valence-electron chi connectivity index (χ0n) is 17.3. The van der Waals surface area contributed by atoms with E-state index >= 15 is 0 Å². The van der Waals surface area contributed by atoms with E-state index < -0.39 is 7.12 Å². The van der Waals surface area contributed by atoms with Crippen LogP contribution in [0.3, 0.4) is 0 Å². The molecule has 28 heavy (non-hydrogen) atoms. The number of hydrogen-bond donors (Lipinski definition) is 1. The molecule has 0 aliphatic carbocycles. The topological polar surface area (TPSA) is 57.4 Å². The second kappa shape index (κ2) is 7.94. The van der Waals surface area contributed by atoms with Crippen LogP contribution in [0.5, 0.6) is 0 Å². The summed E-state index contributed by atoms with van der Waals surface area (Å²) in [6, 6.07) is 12.4. The number of nitrogens with zero attached hydrogens (tertiary/aromatic N) is 1. The van der Waals surface area contributed by atoms with Crippen molar-refractivity contribution in [2.75, 3.05) is 0 Å². The van der Waals surface area contributed by atoms with E-state index in [1.807, 2.05) is 36.5 Å². The molecule has 1 unspecified atom stereocenters. The minimum Gasteiger partial charge on any atom is -0.405 e. The molecule has 4 nitrogen and oxygen atoms in total. The van der Waals surface area contributed by atoms with Crippen LogP contribution in [0.1, 0.15) is 46.1 Å². The molecule has 2 heterocycles. The fraction of sp³-hybridized carbons (Fsp3) is 0.348. The minimum atomic E-state index is -0.410. The summed E-state index contributed by atoms with van der Waals surface area (Å²) in [7, 11) is -0.410. The maximum Gasteiger partial charge on any atom is 0.494 e. The lowest BCUT2D eigenvalue weighted by Crippen LogP contribution is -2.41. The molecule has 146 valence electrons. The summed E-state index contributed by atoms with van der Waals surface area (Å²) in [5, 5.41) is 0. The molecule has 5 heteroatoms. The van der Waals surface area contributed by atoms with Crippen LogP contribution in [-0.4, -0.2) is 23.3 Å². The first kappa shape index (κ1) is 20.4. The normalized spacial score (nSPS) is 19.5. The van der Waals surface area contributed by atoms with E-state index in [4.69, 9.17) is 15.0 Å². The van der Waals surface area contributed by atoms with Gasteiger partial charge in [0.15, 0.2) is 0 Å². The van der Waals surface area contributed by atoms with E-state index in [0.717, 1.165) is 16.7 Å². The van der Waals surface area contributed by atoms with E-state index in [2.05, 4.69) is 63.9 Å². The van der Waals surface area contributed by atoms with Crippen LogP contribution in [0.25, 0.3) is 11.3 Å². The third-order valence-corrected chi connectivity index (χ3v) is 5.61. The second-order valence-corrected chi connectivity index (χ2v) is 8.25. The monoisotopic (exact) mass is 376 g/mol. The standard InChI is InChI=1S/C23H29BN2O2/c1-17(10-6-8-12-25)18-14-19(21-11-7-9-13-26-21)16-20(15-18)24-27-22(2,3)23(4,5)28-24/h6-17H,25H2,1-5H3/b10-6-,12-8-. The first-order chi connectivity index (χ1) is 13.2. The second-order valence-electron chi connectivity index (χ2n) is 8.25. The minimum absolute atomic E-state index is 0.209. The van der Waals surface area contributed by atoms with Crippen molar-refractivity contribution in [2.24, 2.45) is 5.73 Å². The third-order valence-electron chi connectivity index (χ3n) is 5.61. The highest BCUT2D eigenvalue weighted by Gasteiger charge is 2.51. The zero-order chi connectivity index (χ0) is 20.4. The molecule has 1 aromatic carbocycles. The van der Waals surface area contributed by atoms with Crippen LogP contribution in [0.15, 0.2) is 67.0 Å². The van der Waals surface area contributed by atoms with E-state index in [9.17, 15) is 0 Å². The van der Waals surface area contributed by atoms with Gasteiger partial charge in [-0.05, 0) is 75.1 Å². The molecule has 1 saturated heterocycles. The summed E-state index contributed by atoms with van der Waals surface area (Å²) in [6.45, 7) is 10.4. The zero-order valence-corrected chi connectivity index (χ0v) is 17.3. The van der Waals surface area contributed by atoms with Crippen molar-refractivity contribution in [3.63, 3.8) is 0 Å². The van der Waals surface area contributed by atoms with Gasteiger partial charge in [-0.1, -0.05) is 37.3 Å². The summed E-state index contributed by atoms with van der Waals surface area (Å²) in [5.74, 6) is 0.209. The van der Waals surface area contributed by atoms with Crippen LogP contribution in [0.2, 0.25) is 0 Å². The fourth-order valence-corrected chi connectivity index (χ4v) is 3.14. The number of benzene rings is 1. The lowest BCUT2D eigenvalue weighted by atomic mass is 9.76. The van der Waals surface area contributed by atoms with Crippen molar-refractivity contribution in [1.82, 2.24) is 4.98 Å². The Labute approximate surface area is 168 Å². The molecule has 0 bridgehead atoms. The maximum absolute atomic E-state index is 6.29. The molecular formula is C23H29BN2O2. The summed E-state index contributed by atoms with van der Waals surface area (Å²) < 4.78 is 12.6. The highest BCUT2D eigenvalue weighted by Crippen LogP contribution is 2.37. The van der Waals surface area contributed by atoms with Crippen molar-refractivity contribution in [3.8, 4) is 11.3 Å². The molecule has 0 spiro atoms. The molecule has 1 atom stereocenters. The molecule has 0 saturated carbocycles. The summed E-state index contributed by atoms with van der Waals surface area (Å²) >= 11 is 0. The molecule has 1 aliphatic rings. The van der Waals surface area contributed by atoms with Crippen LogP contribution in [-0.2, 0) is 9.31 Å². The number of aromatic nitrogens is 1. The van der Waals surface area contributed by atoms with Gasteiger partial charge in [-0.25, -0.2) is 0 Å². The smallest absolute Gasteiger partial charge is 0.405 e. The highest BCUT2D eigenvalue weighted by molar-refractivity contribution is 6.62. The van der Waals surface area contributed by atoms with Gasteiger partial charge < -0.3 is 15.0 Å². The highest BCUT2D eigenvalue weighted by atomic mass is 16.7. The Balaban J connectivity index is 2.03. The summed E-state index contributed by atoms with van der Waals surface area (Å²) in [6.07, 6.45) is 9.25. The number of allylic oxidation sites excluding steroid dienone is 3. The third kappa shape index (κ3) is 4.21. The Morgan fingerprint density at radius 3 is 2.36 bits per heavy atom. The largest absolute Gasteiger partial charge is 0.494 e. The van der Waals surface area contributed by atoms with E-state index in [-0.39, 0.29) is 17.1 Å². The van der Waals surface area contributed by atoms with E-state index in [0.29, 0.717) is 0 Å². The Hall–Kier alpha value is -2.37. The van der Waals surface area contributed by atoms with Crippen LogP contribution < -0.4 is 11.2 Å². The summed E-state index contributed by atoms with van der Waals surface area (Å²) in [5.41, 5.74) is 8.85. The molecule has 1 fully saturated rings. The van der Waals surface area contributed by atoms with Gasteiger partial charge in [-0.3, -0.25) is 4.98 Å². The Bertz CT molecular complexity index is 859. The van der Waals surface area contributed by atoms with Gasteiger partial charge in [0.1, 0.15) is 0 Å². The van der Waals surface area contributed by atoms with Gasteiger partial charge in [0.05, 0.1) is 16.9 Å². The predicted octanol–water partition coefficient (Wildman–Crippen LogP) is 4.18. The fourth-order valence-electron chi connectivity index (χ4n) is 3.14. The van der Waals surface area contributed by atoms with Crippen LogP contribution in [0.4, 0.5) is 0 Å². The van der Waals surface area contributed by atoms with E-state index in [1.165, 1.54) is 11.8 Å². The van der Waals surface area contributed by atoms with Crippen molar-refractivity contribution < 1.29 is 9.31 Å². The predicted molar refractivity (Wildman–Crippen MR) is 116 cm³/mol. The van der Waals surface area contributed by atoms with Crippen molar-refractivity contribution in [1.29, 1.82) is 0 Å². The number of pyridine rings is 1. The molecule has 0 amide bonds. The van der Waals surface area contributed by atoms with E-state index in [1.54, 1.807) is 0 Å². The SMILES string of the molecule is CC(/C=C\C=C/N)c1cc(B2OC(C)(C)C(C)(C)O2)cc(-c2ccccn2)c1. The number of rotatable bonds is 5. The van der Waals surface area contributed by atoms with Crippen molar-refractivity contribution in [2.45, 2.75) is 51.7 Å². The number of hydrogen-bond acceptors (Lipinski definition) is 4. The first-order valence-corrected chi connectivity index (χ1v) is 9.70.